The van der Waals surface area contributed by atoms with Crippen molar-refractivity contribution in [2.24, 2.45) is 0 Å². The van der Waals surface area contributed by atoms with E-state index >= 15 is 0 Å². The number of quaternary nitrogens is 1. The number of hydrogen-bond donors (Lipinski definition) is 1. The van der Waals surface area contributed by atoms with E-state index in [2.05, 4.69) is 34.2 Å². The van der Waals surface area contributed by atoms with Crippen LogP contribution in [0, 0.1) is 0 Å². The van der Waals surface area contributed by atoms with Crippen molar-refractivity contribution >= 4 is 26.9 Å². The lowest BCUT2D eigenvalue weighted by molar-refractivity contribution is -0.707. The van der Waals surface area contributed by atoms with Gasteiger partial charge in [0.2, 0.25) is 0 Å². The molecule has 1 aromatic heterocycles. The van der Waals surface area contributed by atoms with Gasteiger partial charge >= 0.3 is 5.63 Å². The van der Waals surface area contributed by atoms with Gasteiger partial charge in [-0.3, -0.25) is 0 Å². The number of benzene rings is 2. The monoisotopic (exact) mass is 418 g/mol. The summed E-state index contributed by atoms with van der Waals surface area (Å²) in [5.74, 6) is 1.47. The third kappa shape index (κ3) is 3.92. The van der Waals surface area contributed by atoms with Crippen molar-refractivity contribution in [2.45, 2.75) is 19.5 Å². The van der Waals surface area contributed by atoms with Crippen molar-refractivity contribution in [2.75, 3.05) is 14.2 Å². The summed E-state index contributed by atoms with van der Waals surface area (Å²) in [7, 11) is 3.24. The lowest BCUT2D eigenvalue weighted by Gasteiger charge is -2.13. The Bertz CT molecular complexity index is 983. The lowest BCUT2D eigenvalue weighted by atomic mass is 10.1. The molecule has 0 radical (unpaired) electrons. The van der Waals surface area contributed by atoms with E-state index in [0.717, 1.165) is 21.2 Å². The molecule has 2 N–H and O–H groups in total. The second-order valence-corrected chi connectivity index (χ2v) is 6.93. The van der Waals surface area contributed by atoms with Crippen molar-refractivity contribution in [3.63, 3.8) is 0 Å². The molecule has 0 aliphatic carbocycles. The smallest absolute Gasteiger partial charge is 0.336 e. The van der Waals surface area contributed by atoms with Crippen LogP contribution in [0.15, 0.2) is 56.1 Å². The molecule has 0 saturated heterocycles. The first kappa shape index (κ1) is 18.5. The van der Waals surface area contributed by atoms with Crippen LogP contribution in [-0.4, -0.2) is 14.2 Å². The molecule has 0 spiro atoms. The van der Waals surface area contributed by atoms with Crippen LogP contribution in [0.4, 0.5) is 0 Å². The number of rotatable bonds is 6. The maximum absolute atomic E-state index is 11.9. The minimum atomic E-state index is -0.353. The van der Waals surface area contributed by atoms with Gasteiger partial charge in [-0.25, -0.2) is 4.79 Å². The zero-order valence-electron chi connectivity index (χ0n) is 14.9. The first-order chi connectivity index (χ1) is 12.5. The van der Waals surface area contributed by atoms with E-state index in [9.17, 15) is 4.79 Å². The van der Waals surface area contributed by atoms with Crippen molar-refractivity contribution in [3.8, 4) is 11.5 Å². The van der Waals surface area contributed by atoms with Gasteiger partial charge in [0.1, 0.15) is 29.7 Å². The van der Waals surface area contributed by atoms with Crippen molar-refractivity contribution in [1.29, 1.82) is 0 Å². The Morgan fingerprint density at radius 3 is 2.62 bits per heavy atom. The van der Waals surface area contributed by atoms with Crippen LogP contribution in [0.2, 0.25) is 0 Å². The van der Waals surface area contributed by atoms with E-state index in [1.54, 1.807) is 26.4 Å². The SMILES string of the molecule is COc1ccc2c(C[NH2+][C@@H](C)c3ccc(OC)c(Br)c3)cc(=O)oc2c1. The highest BCUT2D eigenvalue weighted by molar-refractivity contribution is 9.10. The van der Waals surface area contributed by atoms with Gasteiger partial charge in [0, 0.05) is 28.6 Å². The minimum Gasteiger partial charge on any atom is -0.497 e. The highest BCUT2D eigenvalue weighted by Crippen LogP contribution is 2.27. The molecule has 0 aliphatic heterocycles. The van der Waals surface area contributed by atoms with Crippen LogP contribution in [0.5, 0.6) is 11.5 Å². The second-order valence-electron chi connectivity index (χ2n) is 6.08. The fourth-order valence-corrected chi connectivity index (χ4v) is 3.47. The average Bonchev–Trinajstić information content (AvgIpc) is 2.64. The van der Waals surface area contributed by atoms with Crippen LogP contribution in [0.3, 0.4) is 0 Å². The van der Waals surface area contributed by atoms with Gasteiger partial charge in [0.25, 0.3) is 0 Å². The maximum atomic E-state index is 11.9. The number of ether oxygens (including phenoxy) is 2. The van der Waals surface area contributed by atoms with Crippen LogP contribution in [0.25, 0.3) is 11.0 Å². The van der Waals surface area contributed by atoms with Gasteiger partial charge < -0.3 is 19.2 Å². The molecule has 136 valence electrons. The molecule has 1 atom stereocenters. The van der Waals surface area contributed by atoms with Crippen LogP contribution in [0.1, 0.15) is 24.1 Å². The van der Waals surface area contributed by atoms with Crippen molar-refractivity contribution in [1.82, 2.24) is 0 Å². The van der Waals surface area contributed by atoms with Crippen molar-refractivity contribution < 1.29 is 19.2 Å². The van der Waals surface area contributed by atoms with E-state index in [0.29, 0.717) is 17.9 Å². The Morgan fingerprint density at radius 1 is 1.12 bits per heavy atom. The van der Waals surface area contributed by atoms with Gasteiger partial charge in [0.05, 0.1) is 18.7 Å². The van der Waals surface area contributed by atoms with Crippen LogP contribution < -0.4 is 20.4 Å². The maximum Gasteiger partial charge on any atom is 0.336 e. The second kappa shape index (κ2) is 7.93. The lowest BCUT2D eigenvalue weighted by Crippen LogP contribution is -2.83. The highest BCUT2D eigenvalue weighted by Gasteiger charge is 2.14. The Hall–Kier alpha value is -2.31. The summed E-state index contributed by atoms with van der Waals surface area (Å²) in [6.07, 6.45) is 0. The summed E-state index contributed by atoms with van der Waals surface area (Å²) < 4.78 is 16.7. The Balaban J connectivity index is 1.83. The van der Waals surface area contributed by atoms with Gasteiger partial charge in [-0.05, 0) is 53.2 Å². The Kier molecular flexibility index (Phi) is 5.64. The number of methoxy groups -OCH3 is 2. The molecule has 0 amide bonds. The van der Waals surface area contributed by atoms with Crippen LogP contribution in [-0.2, 0) is 6.54 Å². The zero-order valence-corrected chi connectivity index (χ0v) is 16.5. The number of nitrogens with two attached hydrogens (primary N) is 1. The molecule has 2 aromatic carbocycles. The van der Waals surface area contributed by atoms with E-state index in [1.807, 2.05) is 24.3 Å². The fraction of sp³-hybridized carbons (Fsp3) is 0.250. The predicted molar refractivity (Wildman–Crippen MR) is 104 cm³/mol. The molecule has 0 aliphatic rings. The fourth-order valence-electron chi connectivity index (χ4n) is 2.91. The number of halogens is 1. The molecule has 5 nitrogen and oxygen atoms in total. The molecule has 26 heavy (non-hydrogen) atoms. The quantitative estimate of drug-likeness (QED) is 0.623. The average molecular weight is 419 g/mol. The zero-order chi connectivity index (χ0) is 18.7. The summed E-state index contributed by atoms with van der Waals surface area (Å²) in [4.78, 5) is 11.9. The minimum absolute atomic E-state index is 0.220. The molecule has 3 rings (SSSR count). The molecular formula is C20H21BrNO4+. The van der Waals surface area contributed by atoms with E-state index in [4.69, 9.17) is 13.9 Å². The molecule has 3 aromatic rings. The van der Waals surface area contributed by atoms with Crippen LogP contribution >= 0.6 is 15.9 Å². The molecule has 0 bridgehead atoms. The van der Waals surface area contributed by atoms with Crippen molar-refractivity contribution in [3.05, 3.63) is 68.5 Å². The first-order valence-electron chi connectivity index (χ1n) is 8.29. The Morgan fingerprint density at radius 2 is 1.92 bits per heavy atom. The highest BCUT2D eigenvalue weighted by atomic mass is 79.9. The number of hydrogen-bond acceptors (Lipinski definition) is 4. The molecule has 0 unspecified atom stereocenters. The molecule has 1 heterocycles. The summed E-state index contributed by atoms with van der Waals surface area (Å²) >= 11 is 3.52. The number of fused-ring (bicyclic) bond motifs is 1. The normalized spacial score (nSPS) is 12.2. The summed E-state index contributed by atoms with van der Waals surface area (Å²) in [5.41, 5.74) is 2.30. The molecule has 6 heteroatoms. The third-order valence-electron chi connectivity index (χ3n) is 4.43. The summed E-state index contributed by atoms with van der Waals surface area (Å²) in [6.45, 7) is 2.80. The van der Waals surface area contributed by atoms with E-state index < -0.39 is 0 Å². The summed E-state index contributed by atoms with van der Waals surface area (Å²) in [6, 6.07) is 13.4. The topological polar surface area (TPSA) is 65.3 Å². The van der Waals surface area contributed by atoms with E-state index in [-0.39, 0.29) is 11.7 Å². The molecular weight excluding hydrogens is 398 g/mol. The Labute approximate surface area is 160 Å². The van der Waals surface area contributed by atoms with Gasteiger partial charge in [-0.1, -0.05) is 0 Å². The third-order valence-corrected chi connectivity index (χ3v) is 5.05. The first-order valence-corrected chi connectivity index (χ1v) is 9.08. The van der Waals surface area contributed by atoms with Gasteiger partial charge in [-0.15, -0.1) is 0 Å². The van der Waals surface area contributed by atoms with Gasteiger partial charge in [-0.2, -0.15) is 0 Å². The van der Waals surface area contributed by atoms with Gasteiger partial charge in [0.15, 0.2) is 0 Å². The summed E-state index contributed by atoms with van der Waals surface area (Å²) in [5, 5.41) is 3.11. The predicted octanol–water partition coefficient (Wildman–Crippen LogP) is 3.40. The molecule has 0 fully saturated rings. The largest absolute Gasteiger partial charge is 0.497 e. The standard InChI is InChI=1S/C20H20BrNO4/c1-12(13-4-7-18(25-3)17(21)8-13)22-11-14-9-20(23)26-19-10-15(24-2)5-6-16(14)19/h4-10,12,22H,11H2,1-3H3/p+1/t12-/m0/s1. The van der Waals surface area contributed by atoms with E-state index in [1.165, 1.54) is 5.56 Å². The molecule has 0 saturated carbocycles.